The molecule has 0 saturated heterocycles. The monoisotopic (exact) mass is 311 g/mol. The molecule has 0 bridgehead atoms. The SMILES string of the molecule is CN1CCc2c(c(-c3ccc(N)cc3)nn2-c2nccs2)C1. The van der Waals surface area contributed by atoms with Crippen LogP contribution < -0.4 is 5.73 Å². The molecule has 1 aliphatic rings. The maximum absolute atomic E-state index is 5.80. The predicted molar refractivity (Wildman–Crippen MR) is 89.1 cm³/mol. The smallest absolute Gasteiger partial charge is 0.210 e. The Labute approximate surface area is 133 Å². The van der Waals surface area contributed by atoms with Crippen LogP contribution in [-0.2, 0) is 13.0 Å². The standard InChI is InChI=1S/C16H17N5S/c1-20-8-6-14-13(10-20)15(11-2-4-12(17)5-3-11)19-21(14)16-18-7-9-22-16/h2-5,7,9H,6,8,10,17H2,1H3. The fourth-order valence-corrected chi connectivity index (χ4v) is 3.52. The van der Waals surface area contributed by atoms with Gasteiger partial charge in [-0.15, -0.1) is 11.3 Å². The minimum absolute atomic E-state index is 0.772. The van der Waals surface area contributed by atoms with Crippen molar-refractivity contribution in [2.24, 2.45) is 0 Å². The van der Waals surface area contributed by atoms with Gasteiger partial charge in [0.1, 0.15) is 0 Å². The second kappa shape index (κ2) is 5.23. The topological polar surface area (TPSA) is 60.0 Å². The molecule has 0 saturated carbocycles. The van der Waals surface area contributed by atoms with Gasteiger partial charge in [0.2, 0.25) is 5.13 Å². The third-order valence-electron chi connectivity index (χ3n) is 4.03. The molecule has 0 fully saturated rings. The zero-order valence-electron chi connectivity index (χ0n) is 12.4. The molecule has 0 aliphatic carbocycles. The predicted octanol–water partition coefficient (Wildman–Crippen LogP) is 2.57. The number of hydrogen-bond donors (Lipinski definition) is 1. The molecule has 0 radical (unpaired) electrons. The number of nitrogen functional groups attached to an aromatic ring is 1. The molecule has 3 aromatic rings. The number of nitrogens with two attached hydrogens (primary N) is 1. The lowest BCUT2D eigenvalue weighted by atomic mass is 10.0. The van der Waals surface area contributed by atoms with Crippen molar-refractivity contribution in [2.75, 3.05) is 19.3 Å². The van der Waals surface area contributed by atoms with Gasteiger partial charge in [0, 0.05) is 47.9 Å². The van der Waals surface area contributed by atoms with E-state index in [0.717, 1.165) is 41.6 Å². The molecule has 4 rings (SSSR count). The third-order valence-corrected chi connectivity index (χ3v) is 4.78. The van der Waals surface area contributed by atoms with E-state index in [1.807, 2.05) is 40.5 Å². The Hall–Kier alpha value is -2.18. The number of likely N-dealkylation sites (N-methyl/N-ethyl adjacent to an activating group) is 1. The zero-order valence-corrected chi connectivity index (χ0v) is 13.2. The van der Waals surface area contributed by atoms with Crippen LogP contribution in [0.25, 0.3) is 16.4 Å². The van der Waals surface area contributed by atoms with E-state index in [1.54, 1.807) is 11.3 Å². The van der Waals surface area contributed by atoms with Gasteiger partial charge in [-0.2, -0.15) is 5.10 Å². The fraction of sp³-hybridized carbons (Fsp3) is 0.250. The van der Waals surface area contributed by atoms with Crippen LogP contribution in [0.4, 0.5) is 5.69 Å². The maximum Gasteiger partial charge on any atom is 0.210 e. The van der Waals surface area contributed by atoms with Gasteiger partial charge in [-0.3, -0.25) is 0 Å². The number of benzene rings is 1. The normalized spacial score (nSPS) is 15.0. The van der Waals surface area contributed by atoms with Gasteiger partial charge in [-0.25, -0.2) is 9.67 Å². The Morgan fingerprint density at radius 1 is 1.23 bits per heavy atom. The Morgan fingerprint density at radius 3 is 2.77 bits per heavy atom. The Bertz CT molecular complexity index is 789. The van der Waals surface area contributed by atoms with E-state index in [2.05, 4.69) is 16.9 Å². The molecule has 0 unspecified atom stereocenters. The first-order valence-corrected chi connectivity index (χ1v) is 8.15. The van der Waals surface area contributed by atoms with Gasteiger partial charge in [0.25, 0.3) is 0 Å². The highest BCUT2D eigenvalue weighted by molar-refractivity contribution is 7.12. The number of hydrogen-bond acceptors (Lipinski definition) is 5. The molecule has 22 heavy (non-hydrogen) atoms. The second-order valence-corrected chi connectivity index (χ2v) is 6.48. The molecular formula is C16H17N5S. The van der Waals surface area contributed by atoms with Crippen LogP contribution in [-0.4, -0.2) is 33.3 Å². The van der Waals surface area contributed by atoms with Gasteiger partial charge in [-0.1, -0.05) is 12.1 Å². The van der Waals surface area contributed by atoms with E-state index < -0.39 is 0 Å². The van der Waals surface area contributed by atoms with Crippen molar-refractivity contribution in [3.05, 3.63) is 47.1 Å². The average molecular weight is 311 g/mol. The van der Waals surface area contributed by atoms with Crippen LogP contribution in [0, 0.1) is 0 Å². The Balaban J connectivity index is 1.89. The molecule has 3 heterocycles. The van der Waals surface area contributed by atoms with Crippen molar-refractivity contribution in [1.29, 1.82) is 0 Å². The summed E-state index contributed by atoms with van der Waals surface area (Å²) in [5.41, 5.74) is 11.3. The molecule has 6 heteroatoms. The van der Waals surface area contributed by atoms with Crippen LogP contribution in [0.2, 0.25) is 0 Å². The van der Waals surface area contributed by atoms with Crippen molar-refractivity contribution in [3.63, 3.8) is 0 Å². The lowest BCUT2D eigenvalue weighted by molar-refractivity contribution is 0.310. The van der Waals surface area contributed by atoms with Gasteiger partial charge in [0.05, 0.1) is 11.4 Å². The Kier molecular flexibility index (Phi) is 3.20. The number of thiazole rings is 1. The van der Waals surface area contributed by atoms with Crippen LogP contribution in [0.15, 0.2) is 35.8 Å². The summed E-state index contributed by atoms with van der Waals surface area (Å²) < 4.78 is 2.01. The molecule has 2 aromatic heterocycles. The maximum atomic E-state index is 5.80. The van der Waals surface area contributed by atoms with Crippen LogP contribution in [0.5, 0.6) is 0 Å². The molecule has 2 N–H and O–H groups in total. The molecule has 0 spiro atoms. The molecule has 1 aliphatic heterocycles. The van der Waals surface area contributed by atoms with Gasteiger partial charge >= 0.3 is 0 Å². The number of fused-ring (bicyclic) bond motifs is 1. The van der Waals surface area contributed by atoms with Crippen molar-refractivity contribution in [3.8, 4) is 16.4 Å². The molecule has 112 valence electrons. The highest BCUT2D eigenvalue weighted by atomic mass is 32.1. The van der Waals surface area contributed by atoms with Gasteiger partial charge < -0.3 is 10.6 Å². The number of anilines is 1. The van der Waals surface area contributed by atoms with Crippen molar-refractivity contribution in [1.82, 2.24) is 19.7 Å². The number of rotatable bonds is 2. The van der Waals surface area contributed by atoms with Crippen molar-refractivity contribution >= 4 is 17.0 Å². The van der Waals surface area contributed by atoms with E-state index in [9.17, 15) is 0 Å². The first kappa shape index (κ1) is 13.5. The summed E-state index contributed by atoms with van der Waals surface area (Å²) >= 11 is 1.62. The van der Waals surface area contributed by atoms with Crippen molar-refractivity contribution < 1.29 is 0 Å². The minimum Gasteiger partial charge on any atom is -0.399 e. The zero-order chi connectivity index (χ0) is 15.1. The largest absolute Gasteiger partial charge is 0.399 e. The molecule has 0 atom stereocenters. The Morgan fingerprint density at radius 2 is 2.05 bits per heavy atom. The second-order valence-electron chi connectivity index (χ2n) is 5.61. The van der Waals surface area contributed by atoms with Crippen LogP contribution in [0.1, 0.15) is 11.3 Å². The first-order chi connectivity index (χ1) is 10.7. The minimum atomic E-state index is 0.772. The summed E-state index contributed by atoms with van der Waals surface area (Å²) in [7, 11) is 2.15. The van der Waals surface area contributed by atoms with E-state index in [0.29, 0.717) is 0 Å². The molecule has 0 amide bonds. The molecule has 1 aromatic carbocycles. The van der Waals surface area contributed by atoms with E-state index in [1.165, 1.54) is 11.3 Å². The van der Waals surface area contributed by atoms with Crippen LogP contribution >= 0.6 is 11.3 Å². The summed E-state index contributed by atoms with van der Waals surface area (Å²) in [5.74, 6) is 0. The molecular weight excluding hydrogens is 294 g/mol. The third kappa shape index (κ3) is 2.20. The summed E-state index contributed by atoms with van der Waals surface area (Å²) in [6, 6.07) is 7.94. The summed E-state index contributed by atoms with van der Waals surface area (Å²) in [6.45, 7) is 1.96. The van der Waals surface area contributed by atoms with E-state index in [4.69, 9.17) is 10.8 Å². The quantitative estimate of drug-likeness (QED) is 0.739. The highest BCUT2D eigenvalue weighted by Crippen LogP contribution is 2.32. The van der Waals surface area contributed by atoms with Gasteiger partial charge in [0.15, 0.2) is 0 Å². The fourth-order valence-electron chi connectivity index (χ4n) is 2.91. The van der Waals surface area contributed by atoms with Gasteiger partial charge in [-0.05, 0) is 19.2 Å². The van der Waals surface area contributed by atoms with Crippen LogP contribution in [0.3, 0.4) is 0 Å². The van der Waals surface area contributed by atoms with E-state index in [-0.39, 0.29) is 0 Å². The number of aromatic nitrogens is 3. The highest BCUT2D eigenvalue weighted by Gasteiger charge is 2.25. The summed E-state index contributed by atoms with van der Waals surface area (Å²) in [5, 5.41) is 7.79. The van der Waals surface area contributed by atoms with Crippen molar-refractivity contribution in [2.45, 2.75) is 13.0 Å². The lowest BCUT2D eigenvalue weighted by Crippen LogP contribution is -2.27. The first-order valence-electron chi connectivity index (χ1n) is 7.27. The number of nitrogens with zero attached hydrogens (tertiary/aromatic N) is 4. The lowest BCUT2D eigenvalue weighted by Gasteiger charge is -2.23. The summed E-state index contributed by atoms with van der Waals surface area (Å²) in [6.07, 6.45) is 2.82. The molecule has 5 nitrogen and oxygen atoms in total. The summed E-state index contributed by atoms with van der Waals surface area (Å²) in [4.78, 5) is 6.75. The average Bonchev–Trinajstić information content (AvgIpc) is 3.15. The van der Waals surface area contributed by atoms with E-state index >= 15 is 0 Å².